The molecule has 43 heavy (non-hydrogen) atoms. The van der Waals surface area contributed by atoms with Crippen LogP contribution in [0.2, 0.25) is 5.02 Å². The number of aliphatic hydroxyl groups excluding tert-OH is 1. The second kappa shape index (κ2) is 11.9. The van der Waals surface area contributed by atoms with Crippen molar-refractivity contribution in [1.82, 2.24) is 4.72 Å². The lowest BCUT2D eigenvalue weighted by molar-refractivity contribution is 0.0112. The molecular formula is C34H45ClN2O5S. The Morgan fingerprint density at radius 3 is 2.65 bits per heavy atom. The van der Waals surface area contributed by atoms with Crippen LogP contribution >= 0.6 is 11.6 Å². The zero-order valence-electron chi connectivity index (χ0n) is 25.5. The first kappa shape index (κ1) is 30.7. The quantitative estimate of drug-likeness (QED) is 0.396. The number of nitrogens with one attached hydrogen (secondary N) is 1. The Hall–Kier alpha value is -2.29. The van der Waals surface area contributed by atoms with Crippen molar-refractivity contribution in [3.8, 4) is 5.75 Å². The fraction of sp³-hybridized carbons (Fsp3) is 0.618. The normalized spacial score (nSPS) is 33.2. The van der Waals surface area contributed by atoms with Gasteiger partial charge in [0.1, 0.15) is 5.75 Å². The van der Waals surface area contributed by atoms with Crippen LogP contribution in [0.1, 0.15) is 87.2 Å². The van der Waals surface area contributed by atoms with Crippen molar-refractivity contribution >= 4 is 33.2 Å². The van der Waals surface area contributed by atoms with Crippen LogP contribution in [0, 0.1) is 23.7 Å². The maximum atomic E-state index is 13.4. The first-order valence-corrected chi connectivity index (χ1v) is 17.9. The number of benzene rings is 2. The molecule has 2 aliphatic carbocycles. The molecule has 6 rings (SSSR count). The van der Waals surface area contributed by atoms with E-state index in [-0.39, 0.29) is 17.3 Å². The van der Waals surface area contributed by atoms with Crippen LogP contribution in [0.15, 0.2) is 36.4 Å². The number of nitrogens with zero attached hydrogens (tertiary/aromatic N) is 1. The van der Waals surface area contributed by atoms with E-state index in [1.807, 2.05) is 32.0 Å². The third-order valence-corrected chi connectivity index (χ3v) is 13.3. The van der Waals surface area contributed by atoms with Crippen molar-refractivity contribution < 1.29 is 23.1 Å². The van der Waals surface area contributed by atoms with Crippen molar-refractivity contribution in [2.45, 2.75) is 88.9 Å². The number of rotatable bonds is 1. The van der Waals surface area contributed by atoms with E-state index in [4.69, 9.17) is 16.3 Å². The van der Waals surface area contributed by atoms with Gasteiger partial charge in [0.05, 0.1) is 23.6 Å². The lowest BCUT2D eigenvalue weighted by Crippen LogP contribution is -2.49. The van der Waals surface area contributed by atoms with Gasteiger partial charge in [-0.3, -0.25) is 4.79 Å². The van der Waals surface area contributed by atoms with E-state index in [9.17, 15) is 18.3 Å². The highest BCUT2D eigenvalue weighted by molar-refractivity contribution is 7.90. The third kappa shape index (κ3) is 5.91. The summed E-state index contributed by atoms with van der Waals surface area (Å²) in [7, 11) is -3.88. The number of hydrogen-bond acceptors (Lipinski definition) is 6. The molecule has 4 aliphatic rings. The molecule has 2 aromatic rings. The smallest absolute Gasteiger partial charge is 0.264 e. The Morgan fingerprint density at radius 1 is 1.09 bits per heavy atom. The number of hydrogen-bond donors (Lipinski definition) is 2. The Balaban J connectivity index is 1.42. The van der Waals surface area contributed by atoms with Crippen molar-refractivity contribution in [2.24, 2.45) is 23.7 Å². The monoisotopic (exact) mass is 628 g/mol. The number of ether oxygens (including phenoxy) is 1. The summed E-state index contributed by atoms with van der Waals surface area (Å²) in [5.74, 6) is 0.968. The van der Waals surface area contributed by atoms with Crippen LogP contribution < -0.4 is 14.4 Å². The molecule has 1 spiro atoms. The molecule has 7 nitrogen and oxygen atoms in total. The number of halogens is 1. The number of aliphatic hydroxyl groups is 1. The average Bonchev–Trinajstić information content (AvgIpc) is 3.10. The minimum atomic E-state index is -3.88. The maximum absolute atomic E-state index is 13.4. The van der Waals surface area contributed by atoms with Gasteiger partial charge in [0.25, 0.3) is 5.91 Å². The molecular weight excluding hydrogens is 584 g/mol. The zero-order chi connectivity index (χ0) is 30.5. The van der Waals surface area contributed by atoms with Crippen LogP contribution in [0.25, 0.3) is 0 Å². The van der Waals surface area contributed by atoms with Gasteiger partial charge in [-0.1, -0.05) is 31.0 Å². The molecule has 4 unspecified atom stereocenters. The molecule has 1 amide bonds. The van der Waals surface area contributed by atoms with Crippen LogP contribution in [0.3, 0.4) is 0 Å². The third-order valence-electron chi connectivity index (χ3n) is 11.1. The van der Waals surface area contributed by atoms with Gasteiger partial charge in [0.2, 0.25) is 10.0 Å². The summed E-state index contributed by atoms with van der Waals surface area (Å²) in [6.07, 6.45) is 7.22. The second-order valence-corrected chi connectivity index (χ2v) is 16.3. The van der Waals surface area contributed by atoms with Gasteiger partial charge < -0.3 is 14.7 Å². The Kier molecular flexibility index (Phi) is 8.50. The van der Waals surface area contributed by atoms with Crippen molar-refractivity contribution in [3.05, 3.63) is 58.1 Å². The first-order chi connectivity index (χ1) is 20.5. The zero-order valence-corrected chi connectivity index (χ0v) is 27.1. The van der Waals surface area contributed by atoms with Crippen molar-refractivity contribution in [3.63, 3.8) is 0 Å². The Morgan fingerprint density at radius 2 is 1.91 bits per heavy atom. The van der Waals surface area contributed by atoms with Gasteiger partial charge >= 0.3 is 0 Å². The van der Waals surface area contributed by atoms with Gasteiger partial charge in [-0.2, -0.15) is 0 Å². The summed E-state index contributed by atoms with van der Waals surface area (Å²) < 4.78 is 35.5. The summed E-state index contributed by atoms with van der Waals surface area (Å²) >= 11 is 6.41. The van der Waals surface area contributed by atoms with E-state index in [2.05, 4.69) is 21.8 Å². The van der Waals surface area contributed by atoms with E-state index in [1.54, 1.807) is 13.0 Å². The van der Waals surface area contributed by atoms with Crippen molar-refractivity contribution in [1.29, 1.82) is 0 Å². The van der Waals surface area contributed by atoms with Crippen molar-refractivity contribution in [2.75, 3.05) is 24.6 Å². The Bertz CT molecular complexity index is 1480. The molecule has 0 saturated heterocycles. The van der Waals surface area contributed by atoms with E-state index < -0.39 is 27.3 Å². The van der Waals surface area contributed by atoms with Crippen LogP contribution in [-0.4, -0.2) is 50.5 Å². The number of amides is 1. The van der Waals surface area contributed by atoms with Gasteiger partial charge in [-0.15, -0.1) is 0 Å². The van der Waals surface area contributed by atoms with E-state index in [1.165, 1.54) is 11.1 Å². The highest BCUT2D eigenvalue weighted by Gasteiger charge is 2.45. The number of fused-ring (bicyclic) bond motifs is 4. The lowest BCUT2D eigenvalue weighted by atomic mass is 9.64. The standard InChI is InChI=1S/C34H45ClN2O5S/c1-21-6-4-8-28(22(2)38)29-12-9-26(29)18-37-19-34(15-5-7-24-16-27(35)11-13-30(24)34)20-42-32-14-10-25(17-31(32)37)33(39)36-43(40,41)23(21)3/h10-11,13-14,16-17,21-23,26,28-29,38H,4-9,12,15,18-20H2,1-3H3,(H,36,39)/t21?,22-,23?,26?,28-,29?,34+/m1/s1. The fourth-order valence-electron chi connectivity index (χ4n) is 8.23. The minimum Gasteiger partial charge on any atom is -0.490 e. The molecule has 9 heteroatoms. The van der Waals surface area contributed by atoms with E-state index in [0.717, 1.165) is 75.2 Å². The number of carbonyl (C=O) groups excluding carboxylic acids is 1. The molecule has 1 saturated carbocycles. The summed E-state index contributed by atoms with van der Waals surface area (Å²) in [5.41, 5.74) is 3.45. The second-order valence-electron chi connectivity index (χ2n) is 13.8. The molecule has 2 bridgehead atoms. The molecule has 2 aromatic carbocycles. The van der Waals surface area contributed by atoms with Gasteiger partial charge in [0, 0.05) is 29.1 Å². The summed E-state index contributed by atoms with van der Waals surface area (Å²) in [6.45, 7) is 7.57. The van der Waals surface area contributed by atoms with Gasteiger partial charge in [-0.05, 0) is 124 Å². The van der Waals surface area contributed by atoms with Crippen LogP contribution in [0.5, 0.6) is 5.75 Å². The number of anilines is 1. The largest absolute Gasteiger partial charge is 0.490 e. The molecule has 0 radical (unpaired) electrons. The molecule has 2 heterocycles. The molecule has 2 N–H and O–H groups in total. The summed E-state index contributed by atoms with van der Waals surface area (Å²) in [5, 5.41) is 10.9. The van der Waals surface area contributed by atoms with Gasteiger partial charge in [-0.25, -0.2) is 13.1 Å². The Labute approximate surface area is 261 Å². The van der Waals surface area contributed by atoms with E-state index in [0.29, 0.717) is 29.8 Å². The highest BCUT2D eigenvalue weighted by atomic mass is 35.5. The van der Waals surface area contributed by atoms with E-state index >= 15 is 0 Å². The molecule has 2 aliphatic heterocycles. The number of sulfonamides is 1. The van der Waals surface area contributed by atoms with Crippen LogP contribution in [-0.2, 0) is 21.9 Å². The molecule has 234 valence electrons. The molecule has 1 fully saturated rings. The molecule has 0 aromatic heterocycles. The maximum Gasteiger partial charge on any atom is 0.264 e. The average molecular weight is 629 g/mol. The topological polar surface area (TPSA) is 95.9 Å². The highest BCUT2D eigenvalue weighted by Crippen LogP contribution is 2.48. The predicted octanol–water partition coefficient (Wildman–Crippen LogP) is 6.10. The predicted molar refractivity (Wildman–Crippen MR) is 170 cm³/mol. The van der Waals surface area contributed by atoms with Gasteiger partial charge in [0.15, 0.2) is 0 Å². The number of carbonyl (C=O) groups is 1. The van der Waals surface area contributed by atoms with Crippen LogP contribution in [0.4, 0.5) is 5.69 Å². The first-order valence-electron chi connectivity index (χ1n) is 16.0. The number of aryl methyl sites for hydroxylation is 1. The lowest BCUT2D eigenvalue weighted by Gasteiger charge is -2.47. The minimum absolute atomic E-state index is 0.120. The summed E-state index contributed by atoms with van der Waals surface area (Å²) in [4.78, 5) is 15.8. The molecule has 7 atom stereocenters. The SMILES string of the molecule is CC1CCC[C@H]([C@@H](C)O)C2CCC2CN2C[C@@]3(CCCc4cc(Cl)ccc43)COc3ccc(cc32)C(=O)NS(=O)(=O)C1C. The summed E-state index contributed by atoms with van der Waals surface area (Å²) in [6, 6.07) is 11.5. The fourth-order valence-corrected chi connectivity index (χ4v) is 9.74.